The van der Waals surface area contributed by atoms with Gasteiger partial charge in [-0.3, -0.25) is 9.59 Å². The normalized spacial score (nSPS) is 11.2. The van der Waals surface area contributed by atoms with Gasteiger partial charge >= 0.3 is 5.97 Å². The first-order valence-corrected chi connectivity index (χ1v) is 5.56. The number of thioether (sulfide) groups is 1. The summed E-state index contributed by atoms with van der Waals surface area (Å²) in [7, 11) is 0. The topological polar surface area (TPSA) is 43.4 Å². The highest BCUT2D eigenvalue weighted by Gasteiger charge is 2.06. The van der Waals surface area contributed by atoms with Crippen LogP contribution < -0.4 is 0 Å². The predicted molar refractivity (Wildman–Crippen MR) is 58.1 cm³/mol. The van der Waals surface area contributed by atoms with Gasteiger partial charge in [-0.2, -0.15) is 0 Å². The van der Waals surface area contributed by atoms with Crippen LogP contribution in [0.1, 0.15) is 27.2 Å². The number of carbonyl (C=O) groups is 2. The van der Waals surface area contributed by atoms with E-state index in [1.165, 1.54) is 0 Å². The summed E-state index contributed by atoms with van der Waals surface area (Å²) >= 11 is 1.16. The number of carbonyl (C=O) groups excluding carboxylic acids is 2. The lowest BCUT2D eigenvalue weighted by atomic mass is 10.3. The predicted octanol–water partition coefficient (Wildman–Crippen LogP) is 2.17. The van der Waals surface area contributed by atoms with Crippen molar-refractivity contribution >= 4 is 22.8 Å². The van der Waals surface area contributed by atoms with Crippen molar-refractivity contribution in [3.05, 3.63) is 11.6 Å². The molecule has 0 aromatic rings. The maximum absolute atomic E-state index is 11.3. The summed E-state index contributed by atoms with van der Waals surface area (Å²) < 4.78 is 4.73. The molecule has 0 saturated carbocycles. The Kier molecular flexibility index (Phi) is 7.20. The first-order valence-electron chi connectivity index (χ1n) is 4.57. The van der Waals surface area contributed by atoms with Crippen LogP contribution in [0.2, 0.25) is 0 Å². The van der Waals surface area contributed by atoms with Gasteiger partial charge in [0.1, 0.15) is 0 Å². The number of esters is 1. The molecule has 4 heteroatoms. The maximum Gasteiger partial charge on any atom is 0.306 e. The van der Waals surface area contributed by atoms with Gasteiger partial charge in [-0.25, -0.2) is 0 Å². The van der Waals surface area contributed by atoms with Crippen molar-refractivity contribution in [1.29, 1.82) is 0 Å². The monoisotopic (exact) mass is 216 g/mol. The van der Waals surface area contributed by atoms with Crippen LogP contribution in [0.25, 0.3) is 0 Å². The second-order valence-corrected chi connectivity index (χ2v) is 3.73. The molecule has 0 aliphatic carbocycles. The lowest BCUT2D eigenvalue weighted by Gasteiger charge is -2.01. The second kappa shape index (κ2) is 7.62. The Bertz CT molecular complexity index is 234. The van der Waals surface area contributed by atoms with Crippen molar-refractivity contribution in [2.75, 3.05) is 12.4 Å². The Balaban J connectivity index is 3.64. The van der Waals surface area contributed by atoms with Gasteiger partial charge in [-0.15, -0.1) is 0 Å². The van der Waals surface area contributed by atoms with Gasteiger partial charge in [-0.05, 0) is 26.3 Å². The summed E-state index contributed by atoms with van der Waals surface area (Å²) in [5.74, 6) is 0.244. The van der Waals surface area contributed by atoms with E-state index in [2.05, 4.69) is 0 Å². The van der Waals surface area contributed by atoms with E-state index in [0.29, 0.717) is 18.8 Å². The molecule has 0 aliphatic heterocycles. The van der Waals surface area contributed by atoms with Crippen LogP contribution in [0.5, 0.6) is 0 Å². The summed E-state index contributed by atoms with van der Waals surface area (Å²) in [6.07, 6.45) is 2.06. The molecule has 0 rings (SSSR count). The molecule has 0 bridgehead atoms. The van der Waals surface area contributed by atoms with E-state index in [1.807, 2.05) is 6.92 Å². The minimum atomic E-state index is -0.245. The smallest absolute Gasteiger partial charge is 0.306 e. The zero-order chi connectivity index (χ0) is 11.0. The third-order valence-electron chi connectivity index (χ3n) is 1.60. The summed E-state index contributed by atoms with van der Waals surface area (Å²) in [6, 6.07) is 0. The minimum absolute atomic E-state index is 0.0248. The molecule has 0 aromatic carbocycles. The highest BCUT2D eigenvalue weighted by molar-refractivity contribution is 8.14. The highest BCUT2D eigenvalue weighted by Crippen LogP contribution is 2.11. The Labute approximate surface area is 88.9 Å². The summed E-state index contributed by atoms with van der Waals surface area (Å²) in [5.41, 5.74) is 0.721. The molecular formula is C10H16O3S. The van der Waals surface area contributed by atoms with Crippen molar-refractivity contribution in [1.82, 2.24) is 0 Å². The minimum Gasteiger partial charge on any atom is -0.466 e. The average molecular weight is 216 g/mol. The zero-order valence-electron chi connectivity index (χ0n) is 8.83. The molecule has 0 N–H and O–H groups in total. The van der Waals surface area contributed by atoms with E-state index >= 15 is 0 Å². The van der Waals surface area contributed by atoms with Gasteiger partial charge in [0.15, 0.2) is 0 Å². The molecule has 14 heavy (non-hydrogen) atoms. The molecule has 0 spiro atoms. The zero-order valence-corrected chi connectivity index (χ0v) is 9.65. The van der Waals surface area contributed by atoms with Gasteiger partial charge in [-0.1, -0.05) is 17.8 Å². The van der Waals surface area contributed by atoms with Crippen molar-refractivity contribution in [2.45, 2.75) is 27.2 Å². The van der Waals surface area contributed by atoms with E-state index in [1.54, 1.807) is 19.9 Å². The summed E-state index contributed by atoms with van der Waals surface area (Å²) in [6.45, 7) is 5.74. The largest absolute Gasteiger partial charge is 0.466 e. The van der Waals surface area contributed by atoms with Gasteiger partial charge in [0.25, 0.3) is 0 Å². The molecule has 0 atom stereocenters. The molecule has 3 nitrogen and oxygen atoms in total. The Morgan fingerprint density at radius 2 is 2.07 bits per heavy atom. The average Bonchev–Trinajstić information content (AvgIpc) is 2.16. The highest BCUT2D eigenvalue weighted by atomic mass is 32.2. The Morgan fingerprint density at radius 1 is 1.43 bits per heavy atom. The van der Waals surface area contributed by atoms with Crippen LogP contribution in [0.4, 0.5) is 0 Å². The Hall–Kier alpha value is -0.770. The lowest BCUT2D eigenvalue weighted by molar-refractivity contribution is -0.142. The van der Waals surface area contributed by atoms with Gasteiger partial charge in [0.05, 0.1) is 13.0 Å². The SMILES string of the molecule is C/C=C(\C)C(=O)SCCC(=O)OCC. The maximum atomic E-state index is 11.3. The van der Waals surface area contributed by atoms with E-state index < -0.39 is 0 Å². The number of hydrogen-bond donors (Lipinski definition) is 0. The van der Waals surface area contributed by atoms with Gasteiger partial charge in [0, 0.05) is 5.75 Å². The molecule has 0 unspecified atom stereocenters. The van der Waals surface area contributed by atoms with Crippen LogP contribution in [0.3, 0.4) is 0 Å². The summed E-state index contributed by atoms with van der Waals surface area (Å²) in [5, 5.41) is 0.0248. The number of hydrogen-bond acceptors (Lipinski definition) is 4. The molecule has 0 saturated heterocycles. The van der Waals surface area contributed by atoms with E-state index in [9.17, 15) is 9.59 Å². The molecular weight excluding hydrogens is 200 g/mol. The van der Waals surface area contributed by atoms with E-state index in [0.717, 1.165) is 17.3 Å². The molecule has 0 radical (unpaired) electrons. The van der Waals surface area contributed by atoms with Gasteiger partial charge in [0.2, 0.25) is 5.12 Å². The van der Waals surface area contributed by atoms with Crippen molar-refractivity contribution in [2.24, 2.45) is 0 Å². The van der Waals surface area contributed by atoms with Crippen LogP contribution in [0.15, 0.2) is 11.6 Å². The van der Waals surface area contributed by atoms with Crippen LogP contribution >= 0.6 is 11.8 Å². The third-order valence-corrected chi connectivity index (χ3v) is 2.59. The van der Waals surface area contributed by atoms with Crippen molar-refractivity contribution in [3.8, 4) is 0 Å². The number of ether oxygens (including phenoxy) is 1. The third kappa shape index (κ3) is 5.80. The molecule has 0 aromatic heterocycles. The van der Waals surface area contributed by atoms with E-state index in [4.69, 9.17) is 4.74 Å². The fraction of sp³-hybridized carbons (Fsp3) is 0.600. The fourth-order valence-electron chi connectivity index (χ4n) is 0.692. The molecule has 80 valence electrons. The van der Waals surface area contributed by atoms with Crippen LogP contribution in [-0.4, -0.2) is 23.4 Å². The molecule has 0 heterocycles. The molecule has 0 amide bonds. The molecule has 0 aliphatic rings. The fourth-order valence-corrected chi connectivity index (χ4v) is 1.49. The standard InChI is InChI=1S/C10H16O3S/c1-4-8(3)10(12)14-7-6-9(11)13-5-2/h4H,5-7H2,1-3H3/b8-4+. The lowest BCUT2D eigenvalue weighted by Crippen LogP contribution is -2.06. The van der Waals surface area contributed by atoms with Crippen molar-refractivity contribution in [3.63, 3.8) is 0 Å². The van der Waals surface area contributed by atoms with Crippen LogP contribution in [-0.2, 0) is 14.3 Å². The quantitative estimate of drug-likeness (QED) is 0.522. The molecule has 0 fully saturated rings. The summed E-state index contributed by atoms with van der Waals surface area (Å²) in [4.78, 5) is 22.2. The van der Waals surface area contributed by atoms with Gasteiger partial charge < -0.3 is 4.74 Å². The Morgan fingerprint density at radius 3 is 2.57 bits per heavy atom. The van der Waals surface area contributed by atoms with Crippen molar-refractivity contribution < 1.29 is 14.3 Å². The van der Waals surface area contributed by atoms with E-state index in [-0.39, 0.29) is 11.1 Å². The van der Waals surface area contributed by atoms with Crippen LogP contribution in [0, 0.1) is 0 Å². The number of allylic oxidation sites excluding steroid dienone is 1. The first kappa shape index (κ1) is 13.2. The second-order valence-electron chi connectivity index (χ2n) is 2.66. The number of rotatable bonds is 5. The first-order chi connectivity index (χ1) is 6.61.